The van der Waals surface area contributed by atoms with Gasteiger partial charge >= 0.3 is 0 Å². The van der Waals surface area contributed by atoms with Crippen molar-refractivity contribution in [3.63, 3.8) is 0 Å². The molecule has 0 radical (unpaired) electrons. The molecule has 2 rings (SSSR count). The first-order valence-corrected chi connectivity index (χ1v) is 6.40. The average Bonchev–Trinajstić information content (AvgIpc) is 2.39. The van der Waals surface area contributed by atoms with E-state index in [1.54, 1.807) is 0 Å². The SMILES string of the molecule is CCCCc1c(C)c(C#N)c(N)c2ccccc12. The van der Waals surface area contributed by atoms with Crippen LogP contribution in [0.3, 0.4) is 0 Å². The number of hydrogen-bond acceptors (Lipinski definition) is 2. The van der Waals surface area contributed by atoms with Gasteiger partial charge in [0.15, 0.2) is 0 Å². The van der Waals surface area contributed by atoms with Crippen LogP contribution in [0.5, 0.6) is 0 Å². The highest BCUT2D eigenvalue weighted by molar-refractivity contribution is 5.99. The van der Waals surface area contributed by atoms with Gasteiger partial charge < -0.3 is 5.73 Å². The number of rotatable bonds is 3. The van der Waals surface area contributed by atoms with Gasteiger partial charge in [-0.15, -0.1) is 0 Å². The first-order valence-electron chi connectivity index (χ1n) is 6.40. The van der Waals surface area contributed by atoms with Gasteiger partial charge in [-0.1, -0.05) is 37.6 Å². The molecule has 2 heteroatoms. The smallest absolute Gasteiger partial charge is 0.102 e. The lowest BCUT2D eigenvalue weighted by Gasteiger charge is -2.14. The Hall–Kier alpha value is -2.01. The molecule has 2 N–H and O–H groups in total. The largest absolute Gasteiger partial charge is 0.397 e. The lowest BCUT2D eigenvalue weighted by atomic mass is 9.91. The molecule has 0 spiro atoms. The third-order valence-corrected chi connectivity index (χ3v) is 3.53. The standard InChI is InChI=1S/C16H18N2/c1-3-4-7-12-11(2)15(10-17)16(18)14-9-6-5-8-13(12)14/h5-6,8-9H,3-4,7,18H2,1-2H3. The molecule has 0 bridgehead atoms. The van der Waals surface area contributed by atoms with Crippen LogP contribution >= 0.6 is 0 Å². The quantitative estimate of drug-likeness (QED) is 0.823. The fourth-order valence-corrected chi connectivity index (χ4v) is 2.49. The number of nitrogens with two attached hydrogens (primary N) is 1. The van der Waals surface area contributed by atoms with Gasteiger partial charge in [0.25, 0.3) is 0 Å². The predicted molar refractivity (Wildman–Crippen MR) is 76.4 cm³/mol. The Bertz CT molecular complexity index is 621. The Morgan fingerprint density at radius 1 is 1.22 bits per heavy atom. The molecule has 0 aliphatic heterocycles. The molecule has 0 heterocycles. The minimum Gasteiger partial charge on any atom is -0.397 e. The summed E-state index contributed by atoms with van der Waals surface area (Å²) >= 11 is 0. The summed E-state index contributed by atoms with van der Waals surface area (Å²) in [5.74, 6) is 0. The van der Waals surface area contributed by atoms with Crippen LogP contribution in [0.4, 0.5) is 5.69 Å². The minimum absolute atomic E-state index is 0.617. The Morgan fingerprint density at radius 2 is 1.89 bits per heavy atom. The van der Waals surface area contributed by atoms with Crippen molar-refractivity contribution in [3.05, 3.63) is 41.0 Å². The highest BCUT2D eigenvalue weighted by Gasteiger charge is 2.13. The number of nitrogen functional groups attached to an aromatic ring is 1. The summed E-state index contributed by atoms with van der Waals surface area (Å²) in [6.45, 7) is 4.19. The van der Waals surface area contributed by atoms with E-state index in [0.29, 0.717) is 11.3 Å². The van der Waals surface area contributed by atoms with Gasteiger partial charge in [-0.05, 0) is 36.3 Å². The maximum absolute atomic E-state index is 9.28. The molecule has 0 atom stereocenters. The Balaban J connectivity index is 2.78. The Labute approximate surface area is 108 Å². The molecular formula is C16H18N2. The molecule has 0 aromatic heterocycles. The first kappa shape index (κ1) is 12.4. The van der Waals surface area contributed by atoms with Crippen LogP contribution in [-0.4, -0.2) is 0 Å². The van der Waals surface area contributed by atoms with Gasteiger partial charge in [0.1, 0.15) is 6.07 Å². The normalized spacial score (nSPS) is 10.5. The Kier molecular flexibility index (Phi) is 3.53. The van der Waals surface area contributed by atoms with E-state index in [2.05, 4.69) is 19.1 Å². The third-order valence-electron chi connectivity index (χ3n) is 3.53. The third kappa shape index (κ3) is 1.93. The summed E-state index contributed by atoms with van der Waals surface area (Å²) in [7, 11) is 0. The van der Waals surface area contributed by atoms with Gasteiger partial charge in [-0.25, -0.2) is 0 Å². The van der Waals surface area contributed by atoms with Crippen LogP contribution in [0.15, 0.2) is 24.3 Å². The van der Waals surface area contributed by atoms with Crippen LogP contribution in [0.1, 0.15) is 36.5 Å². The minimum atomic E-state index is 0.617. The second kappa shape index (κ2) is 5.10. The van der Waals surface area contributed by atoms with Crippen molar-refractivity contribution in [1.82, 2.24) is 0 Å². The molecule has 2 aromatic rings. The van der Waals surface area contributed by atoms with E-state index in [0.717, 1.165) is 30.2 Å². The van der Waals surface area contributed by atoms with Crippen molar-refractivity contribution >= 4 is 16.5 Å². The van der Waals surface area contributed by atoms with E-state index in [4.69, 9.17) is 5.73 Å². The zero-order valence-corrected chi connectivity index (χ0v) is 11.0. The molecule has 0 aliphatic carbocycles. The highest BCUT2D eigenvalue weighted by Crippen LogP contribution is 2.32. The molecule has 2 aromatic carbocycles. The molecule has 92 valence electrons. The summed E-state index contributed by atoms with van der Waals surface area (Å²) in [5.41, 5.74) is 9.68. The van der Waals surface area contributed by atoms with Crippen molar-refractivity contribution in [2.75, 3.05) is 5.73 Å². The second-order valence-corrected chi connectivity index (χ2v) is 4.65. The number of unbranched alkanes of at least 4 members (excludes halogenated alkanes) is 1. The van der Waals surface area contributed by atoms with Gasteiger partial charge in [-0.3, -0.25) is 0 Å². The van der Waals surface area contributed by atoms with E-state index < -0.39 is 0 Å². The zero-order valence-electron chi connectivity index (χ0n) is 11.0. The highest BCUT2D eigenvalue weighted by atomic mass is 14.6. The van der Waals surface area contributed by atoms with Gasteiger partial charge in [-0.2, -0.15) is 5.26 Å². The maximum Gasteiger partial charge on any atom is 0.102 e. The maximum atomic E-state index is 9.28. The number of nitriles is 1. The van der Waals surface area contributed by atoms with Crippen LogP contribution in [0, 0.1) is 18.3 Å². The average molecular weight is 238 g/mol. The topological polar surface area (TPSA) is 49.8 Å². The number of fused-ring (bicyclic) bond motifs is 1. The molecule has 0 saturated heterocycles. The second-order valence-electron chi connectivity index (χ2n) is 4.65. The number of anilines is 1. The summed E-state index contributed by atoms with van der Waals surface area (Å²) in [5, 5.41) is 11.5. The van der Waals surface area contributed by atoms with Crippen LogP contribution in [0.2, 0.25) is 0 Å². The van der Waals surface area contributed by atoms with Crippen molar-refractivity contribution < 1.29 is 0 Å². The van der Waals surface area contributed by atoms with Crippen LogP contribution < -0.4 is 5.73 Å². The summed E-state index contributed by atoms with van der Waals surface area (Å²) in [4.78, 5) is 0. The molecule has 0 amide bonds. The number of benzene rings is 2. The van der Waals surface area contributed by atoms with Crippen molar-refractivity contribution in [2.24, 2.45) is 0 Å². The van der Waals surface area contributed by atoms with Crippen molar-refractivity contribution in [1.29, 1.82) is 5.26 Å². The van der Waals surface area contributed by atoms with Gasteiger partial charge in [0.2, 0.25) is 0 Å². The van der Waals surface area contributed by atoms with E-state index in [9.17, 15) is 5.26 Å². The number of hydrogen-bond donors (Lipinski definition) is 1. The summed E-state index contributed by atoms with van der Waals surface area (Å²) in [6.07, 6.45) is 3.30. The molecule has 0 unspecified atom stereocenters. The molecule has 0 aliphatic rings. The van der Waals surface area contributed by atoms with Crippen LogP contribution in [0.25, 0.3) is 10.8 Å². The van der Waals surface area contributed by atoms with E-state index in [1.807, 2.05) is 25.1 Å². The number of nitrogens with zero attached hydrogens (tertiary/aromatic N) is 1. The Morgan fingerprint density at radius 3 is 2.50 bits per heavy atom. The fourth-order valence-electron chi connectivity index (χ4n) is 2.49. The molecule has 18 heavy (non-hydrogen) atoms. The van der Waals surface area contributed by atoms with Gasteiger partial charge in [0, 0.05) is 5.39 Å². The van der Waals surface area contributed by atoms with Crippen molar-refractivity contribution in [3.8, 4) is 6.07 Å². The molecular weight excluding hydrogens is 220 g/mol. The van der Waals surface area contributed by atoms with Crippen molar-refractivity contribution in [2.45, 2.75) is 33.1 Å². The lowest BCUT2D eigenvalue weighted by Crippen LogP contribution is -2.01. The molecule has 0 fully saturated rings. The first-order chi connectivity index (χ1) is 8.70. The summed E-state index contributed by atoms with van der Waals surface area (Å²) in [6, 6.07) is 10.4. The lowest BCUT2D eigenvalue weighted by molar-refractivity contribution is 0.795. The molecule has 2 nitrogen and oxygen atoms in total. The number of aryl methyl sites for hydroxylation is 1. The van der Waals surface area contributed by atoms with E-state index >= 15 is 0 Å². The van der Waals surface area contributed by atoms with E-state index in [-0.39, 0.29) is 0 Å². The van der Waals surface area contributed by atoms with Gasteiger partial charge in [0.05, 0.1) is 11.3 Å². The molecule has 0 saturated carbocycles. The predicted octanol–water partition coefficient (Wildman–Crippen LogP) is 3.94. The monoisotopic (exact) mass is 238 g/mol. The summed E-state index contributed by atoms with van der Waals surface area (Å²) < 4.78 is 0. The fraction of sp³-hybridized carbons (Fsp3) is 0.312. The van der Waals surface area contributed by atoms with Crippen LogP contribution in [-0.2, 0) is 6.42 Å². The van der Waals surface area contributed by atoms with E-state index in [1.165, 1.54) is 10.9 Å². The zero-order chi connectivity index (χ0) is 13.1.